The molecule has 0 amide bonds. The standard InChI is InChI=1S/C21H23FO2/c22-20-9-5-4-8-19(20)21-12-18(11-10-17(21)14-23-15-21)24-13-16-6-2-1-3-7-16/h1-9,17-18H,10-15H2/t17-,18?,21-/m0/s1. The molecule has 2 aliphatic rings. The minimum atomic E-state index is -0.231. The first-order valence-corrected chi connectivity index (χ1v) is 8.76. The van der Waals surface area contributed by atoms with Gasteiger partial charge in [0.2, 0.25) is 0 Å². The third-order valence-corrected chi connectivity index (χ3v) is 5.63. The number of fused-ring (bicyclic) bond motifs is 1. The lowest BCUT2D eigenvalue weighted by Gasteiger charge is -2.42. The fourth-order valence-corrected chi connectivity index (χ4v) is 4.34. The minimum Gasteiger partial charge on any atom is -0.380 e. The van der Waals surface area contributed by atoms with E-state index < -0.39 is 0 Å². The molecule has 3 atom stereocenters. The molecule has 24 heavy (non-hydrogen) atoms. The zero-order valence-electron chi connectivity index (χ0n) is 13.8. The van der Waals surface area contributed by atoms with Crippen molar-refractivity contribution in [2.45, 2.75) is 37.4 Å². The van der Waals surface area contributed by atoms with Crippen molar-refractivity contribution in [1.29, 1.82) is 0 Å². The van der Waals surface area contributed by atoms with Crippen molar-refractivity contribution in [3.8, 4) is 0 Å². The van der Waals surface area contributed by atoms with Crippen LogP contribution in [0.1, 0.15) is 30.4 Å². The van der Waals surface area contributed by atoms with E-state index in [2.05, 4.69) is 12.1 Å². The van der Waals surface area contributed by atoms with Crippen molar-refractivity contribution < 1.29 is 13.9 Å². The highest BCUT2D eigenvalue weighted by Gasteiger charge is 2.50. The number of ether oxygens (including phenoxy) is 2. The quantitative estimate of drug-likeness (QED) is 0.825. The molecule has 1 saturated heterocycles. The Labute approximate surface area is 142 Å². The van der Waals surface area contributed by atoms with Gasteiger partial charge in [-0.15, -0.1) is 0 Å². The summed E-state index contributed by atoms with van der Waals surface area (Å²) in [5, 5.41) is 0. The first-order chi connectivity index (χ1) is 11.8. The average molecular weight is 326 g/mol. The fraction of sp³-hybridized carbons (Fsp3) is 0.429. The highest BCUT2D eigenvalue weighted by Crippen LogP contribution is 2.49. The van der Waals surface area contributed by atoms with E-state index in [0.717, 1.165) is 31.4 Å². The van der Waals surface area contributed by atoms with Crippen molar-refractivity contribution in [1.82, 2.24) is 0 Å². The van der Waals surface area contributed by atoms with Crippen LogP contribution in [-0.4, -0.2) is 19.3 Å². The summed E-state index contributed by atoms with van der Waals surface area (Å²) in [7, 11) is 0. The lowest BCUT2D eigenvalue weighted by molar-refractivity contribution is -0.0153. The van der Waals surface area contributed by atoms with Gasteiger partial charge in [0.25, 0.3) is 0 Å². The summed E-state index contributed by atoms with van der Waals surface area (Å²) in [6.45, 7) is 1.95. The van der Waals surface area contributed by atoms with Crippen molar-refractivity contribution in [3.05, 3.63) is 71.5 Å². The topological polar surface area (TPSA) is 18.5 Å². The van der Waals surface area contributed by atoms with Crippen LogP contribution in [0.2, 0.25) is 0 Å². The predicted octanol–water partition coefficient (Wildman–Crippen LogP) is 4.48. The molecule has 1 unspecified atom stereocenters. The lowest BCUT2D eigenvalue weighted by Crippen LogP contribution is -2.43. The molecule has 1 aliphatic carbocycles. The molecule has 4 rings (SSSR count). The van der Waals surface area contributed by atoms with Gasteiger partial charge < -0.3 is 9.47 Å². The number of halogens is 1. The zero-order chi connectivity index (χ0) is 16.4. The molecule has 1 saturated carbocycles. The Kier molecular flexibility index (Phi) is 4.38. The van der Waals surface area contributed by atoms with Crippen LogP contribution in [0.3, 0.4) is 0 Å². The number of rotatable bonds is 4. The fourth-order valence-electron chi connectivity index (χ4n) is 4.34. The highest BCUT2D eigenvalue weighted by molar-refractivity contribution is 5.31. The smallest absolute Gasteiger partial charge is 0.127 e. The maximum absolute atomic E-state index is 14.5. The molecule has 3 heteroatoms. The summed E-state index contributed by atoms with van der Waals surface area (Å²) in [5.74, 6) is 0.280. The van der Waals surface area contributed by atoms with Crippen molar-refractivity contribution in [2.24, 2.45) is 5.92 Å². The van der Waals surface area contributed by atoms with Crippen molar-refractivity contribution in [3.63, 3.8) is 0 Å². The molecular formula is C21H23FO2. The van der Waals surface area contributed by atoms with Gasteiger partial charge in [-0.1, -0.05) is 48.5 Å². The molecule has 2 fully saturated rings. The van der Waals surface area contributed by atoms with E-state index in [4.69, 9.17) is 9.47 Å². The second kappa shape index (κ2) is 6.66. The Balaban J connectivity index is 1.53. The van der Waals surface area contributed by atoms with Gasteiger partial charge in [-0.05, 0) is 42.4 Å². The summed E-state index contributed by atoms with van der Waals surface area (Å²) in [4.78, 5) is 0. The van der Waals surface area contributed by atoms with E-state index in [-0.39, 0.29) is 17.3 Å². The third-order valence-electron chi connectivity index (χ3n) is 5.63. The second-order valence-electron chi connectivity index (χ2n) is 7.05. The van der Waals surface area contributed by atoms with Crippen LogP contribution >= 0.6 is 0 Å². The van der Waals surface area contributed by atoms with Crippen molar-refractivity contribution >= 4 is 0 Å². The first-order valence-electron chi connectivity index (χ1n) is 8.76. The molecule has 0 aromatic heterocycles. The second-order valence-corrected chi connectivity index (χ2v) is 7.05. The largest absolute Gasteiger partial charge is 0.380 e. The Morgan fingerprint density at radius 2 is 1.83 bits per heavy atom. The lowest BCUT2D eigenvalue weighted by atomic mass is 9.63. The van der Waals surface area contributed by atoms with E-state index in [0.29, 0.717) is 19.1 Å². The van der Waals surface area contributed by atoms with Crippen LogP contribution in [-0.2, 0) is 21.5 Å². The zero-order valence-corrected chi connectivity index (χ0v) is 13.8. The Morgan fingerprint density at radius 3 is 2.67 bits per heavy atom. The van der Waals surface area contributed by atoms with Crippen LogP contribution in [0.5, 0.6) is 0 Å². The molecule has 1 heterocycles. The van der Waals surface area contributed by atoms with Crippen LogP contribution in [0.25, 0.3) is 0 Å². The van der Waals surface area contributed by atoms with Gasteiger partial charge in [0.15, 0.2) is 0 Å². The summed E-state index contributed by atoms with van der Waals surface area (Å²) in [6.07, 6.45) is 3.05. The van der Waals surface area contributed by atoms with Crippen LogP contribution in [0.15, 0.2) is 54.6 Å². The number of hydrogen-bond donors (Lipinski definition) is 0. The van der Waals surface area contributed by atoms with Gasteiger partial charge >= 0.3 is 0 Å². The van der Waals surface area contributed by atoms with Crippen LogP contribution < -0.4 is 0 Å². The molecule has 0 N–H and O–H groups in total. The van der Waals surface area contributed by atoms with Crippen LogP contribution in [0.4, 0.5) is 4.39 Å². The molecule has 2 aromatic carbocycles. The number of hydrogen-bond acceptors (Lipinski definition) is 2. The molecule has 0 radical (unpaired) electrons. The molecule has 0 bridgehead atoms. The van der Waals surface area contributed by atoms with E-state index in [9.17, 15) is 4.39 Å². The minimum absolute atomic E-state index is 0.114. The molecule has 2 nitrogen and oxygen atoms in total. The van der Waals surface area contributed by atoms with E-state index in [1.807, 2.05) is 30.3 Å². The van der Waals surface area contributed by atoms with Crippen molar-refractivity contribution in [2.75, 3.05) is 13.2 Å². The van der Waals surface area contributed by atoms with Gasteiger partial charge in [0, 0.05) is 5.41 Å². The van der Waals surface area contributed by atoms with Gasteiger partial charge in [0.05, 0.1) is 25.9 Å². The molecule has 0 spiro atoms. The molecular weight excluding hydrogens is 303 g/mol. The number of benzene rings is 2. The molecule has 1 aliphatic heterocycles. The maximum atomic E-state index is 14.5. The summed E-state index contributed by atoms with van der Waals surface area (Å²) >= 11 is 0. The summed E-state index contributed by atoms with van der Waals surface area (Å²) in [6, 6.07) is 17.4. The molecule has 126 valence electrons. The summed E-state index contributed by atoms with van der Waals surface area (Å²) in [5.41, 5.74) is 1.76. The van der Waals surface area contributed by atoms with E-state index in [1.165, 1.54) is 5.56 Å². The van der Waals surface area contributed by atoms with Gasteiger partial charge in [-0.3, -0.25) is 0 Å². The average Bonchev–Trinajstić information content (AvgIpc) is 3.05. The Bertz CT molecular complexity index is 687. The Morgan fingerprint density at radius 1 is 1.04 bits per heavy atom. The summed E-state index contributed by atoms with van der Waals surface area (Å²) < 4.78 is 26.5. The van der Waals surface area contributed by atoms with Crippen LogP contribution in [0, 0.1) is 11.7 Å². The normalized spacial score (nSPS) is 29.4. The highest BCUT2D eigenvalue weighted by atomic mass is 19.1. The predicted molar refractivity (Wildman–Crippen MR) is 91.3 cm³/mol. The molecule has 2 aromatic rings. The monoisotopic (exact) mass is 326 g/mol. The first kappa shape index (κ1) is 15.8. The van der Waals surface area contributed by atoms with Gasteiger partial charge in [-0.2, -0.15) is 0 Å². The van der Waals surface area contributed by atoms with Gasteiger partial charge in [0.1, 0.15) is 5.82 Å². The van der Waals surface area contributed by atoms with E-state index >= 15 is 0 Å². The SMILES string of the molecule is Fc1ccccc1[C@@]12COC[C@@H]1CCC(OCc1ccccc1)C2. The third kappa shape index (κ3) is 2.87. The Hall–Kier alpha value is -1.71. The van der Waals surface area contributed by atoms with E-state index in [1.54, 1.807) is 12.1 Å². The maximum Gasteiger partial charge on any atom is 0.127 e. The van der Waals surface area contributed by atoms with Gasteiger partial charge in [-0.25, -0.2) is 4.39 Å².